The van der Waals surface area contributed by atoms with E-state index in [9.17, 15) is 0 Å². The Hall–Kier alpha value is -1.36. The monoisotopic (exact) mass is 218 g/mol. The van der Waals surface area contributed by atoms with E-state index in [1.54, 1.807) is 0 Å². The zero-order chi connectivity index (χ0) is 11.4. The van der Waals surface area contributed by atoms with Crippen molar-refractivity contribution in [3.05, 3.63) is 22.7 Å². The number of hydrogen-bond acceptors (Lipinski definition) is 3. The molecule has 0 bridgehead atoms. The maximum atomic E-state index is 8.96. The molecule has 0 unspecified atom stereocenters. The summed E-state index contributed by atoms with van der Waals surface area (Å²) in [6.07, 6.45) is 4.42. The van der Waals surface area contributed by atoms with E-state index in [0.717, 1.165) is 37.7 Å². The van der Waals surface area contributed by atoms with E-state index in [-0.39, 0.29) is 5.70 Å². The van der Waals surface area contributed by atoms with E-state index in [4.69, 9.17) is 21.3 Å². The normalized spacial score (nSPS) is 26.9. The second-order valence-corrected chi connectivity index (χ2v) is 4.06. The number of hydrogen-bond donors (Lipinski definition) is 0. The van der Waals surface area contributed by atoms with Crippen molar-refractivity contribution in [1.29, 1.82) is 5.26 Å². The van der Waals surface area contributed by atoms with Gasteiger partial charge in [0, 0.05) is 12.0 Å². The highest BCUT2D eigenvalue weighted by Gasteiger charge is 2.41. The van der Waals surface area contributed by atoms with Crippen molar-refractivity contribution in [3.63, 3.8) is 0 Å². The second kappa shape index (κ2) is 4.65. The molecule has 16 heavy (non-hydrogen) atoms. The first-order chi connectivity index (χ1) is 7.82. The van der Waals surface area contributed by atoms with Crippen molar-refractivity contribution in [2.45, 2.75) is 37.9 Å². The van der Waals surface area contributed by atoms with Crippen LogP contribution >= 0.6 is 0 Å². The van der Waals surface area contributed by atoms with Gasteiger partial charge in [0.05, 0.1) is 25.9 Å². The van der Waals surface area contributed by atoms with Crippen molar-refractivity contribution in [1.82, 2.24) is 0 Å². The molecule has 0 aromatic rings. The molecule has 2 fully saturated rings. The van der Waals surface area contributed by atoms with Gasteiger partial charge in [-0.25, -0.2) is 10.1 Å². The van der Waals surface area contributed by atoms with E-state index in [1.165, 1.54) is 0 Å². The Morgan fingerprint density at radius 2 is 2.06 bits per heavy atom. The fourth-order valence-corrected chi connectivity index (χ4v) is 2.35. The van der Waals surface area contributed by atoms with Gasteiger partial charge in [0.25, 0.3) is 5.70 Å². The van der Waals surface area contributed by atoms with Crippen LogP contribution < -0.4 is 0 Å². The topological polar surface area (TPSA) is 46.6 Å². The van der Waals surface area contributed by atoms with Gasteiger partial charge in [-0.2, -0.15) is 0 Å². The lowest BCUT2D eigenvalue weighted by molar-refractivity contribution is -0.252. The SMILES string of the molecule is [C-]#[N+]/C(C#N)=C1\CCCCC12OCCCO2. The van der Waals surface area contributed by atoms with Gasteiger partial charge in [0.2, 0.25) is 0 Å². The minimum absolute atomic E-state index is 0.154. The van der Waals surface area contributed by atoms with E-state index < -0.39 is 5.79 Å². The van der Waals surface area contributed by atoms with Crippen molar-refractivity contribution >= 4 is 0 Å². The molecular formula is C12H14N2O2. The Bertz CT molecular complexity index is 357. The van der Waals surface area contributed by atoms with Gasteiger partial charge >= 0.3 is 0 Å². The third kappa shape index (κ3) is 1.82. The molecule has 1 aliphatic carbocycles. The molecule has 1 saturated carbocycles. The third-order valence-corrected chi connectivity index (χ3v) is 3.11. The molecule has 0 aromatic carbocycles. The highest BCUT2D eigenvalue weighted by molar-refractivity contribution is 5.38. The molecule has 2 rings (SSSR count). The predicted molar refractivity (Wildman–Crippen MR) is 57.0 cm³/mol. The summed E-state index contributed by atoms with van der Waals surface area (Å²) in [5.74, 6) is -0.758. The zero-order valence-corrected chi connectivity index (χ0v) is 9.16. The lowest BCUT2D eigenvalue weighted by Crippen LogP contribution is -2.44. The summed E-state index contributed by atoms with van der Waals surface area (Å²) in [5, 5.41) is 8.96. The molecule has 0 N–H and O–H groups in total. The van der Waals surface area contributed by atoms with Crippen LogP contribution in [0.15, 0.2) is 11.3 Å². The maximum Gasteiger partial charge on any atom is 0.266 e. The molecule has 1 spiro atoms. The first-order valence-electron chi connectivity index (χ1n) is 5.61. The Labute approximate surface area is 95.3 Å². The van der Waals surface area contributed by atoms with E-state index in [0.29, 0.717) is 13.2 Å². The Morgan fingerprint density at radius 1 is 1.31 bits per heavy atom. The summed E-state index contributed by atoms with van der Waals surface area (Å²) in [4.78, 5) is 3.29. The Kier molecular flexibility index (Phi) is 3.24. The maximum absolute atomic E-state index is 8.96. The van der Waals surface area contributed by atoms with Crippen LogP contribution in [0.1, 0.15) is 32.1 Å². The molecule has 1 aliphatic heterocycles. The number of allylic oxidation sites excluding steroid dienone is 1. The molecule has 4 heteroatoms. The van der Waals surface area contributed by atoms with Crippen molar-refractivity contribution in [2.75, 3.05) is 13.2 Å². The largest absolute Gasteiger partial charge is 0.347 e. The number of ether oxygens (including phenoxy) is 2. The average Bonchev–Trinajstić information content (AvgIpc) is 2.34. The number of nitriles is 1. The first-order valence-corrected chi connectivity index (χ1v) is 5.61. The average molecular weight is 218 g/mol. The minimum Gasteiger partial charge on any atom is -0.347 e. The molecular weight excluding hydrogens is 204 g/mol. The highest BCUT2D eigenvalue weighted by Crippen LogP contribution is 2.41. The standard InChI is InChI=1S/C12H14N2O2/c1-14-11(9-13)10-5-2-3-6-12(10)15-7-4-8-16-12/h2-8H2/b11-10+. The van der Waals surface area contributed by atoms with Gasteiger partial charge in [0.15, 0.2) is 5.79 Å². The van der Waals surface area contributed by atoms with E-state index in [1.807, 2.05) is 6.07 Å². The fraction of sp³-hybridized carbons (Fsp3) is 0.667. The van der Waals surface area contributed by atoms with Crippen LogP contribution in [0.25, 0.3) is 4.85 Å². The van der Waals surface area contributed by atoms with Crippen molar-refractivity contribution in [2.24, 2.45) is 0 Å². The lowest BCUT2D eigenvalue weighted by atomic mass is 9.86. The molecule has 0 atom stereocenters. The smallest absolute Gasteiger partial charge is 0.266 e. The number of rotatable bonds is 0. The minimum atomic E-state index is -0.758. The summed E-state index contributed by atoms with van der Waals surface area (Å²) in [6.45, 7) is 8.34. The van der Waals surface area contributed by atoms with Gasteiger partial charge in [-0.05, 0) is 19.3 Å². The molecule has 1 saturated heterocycles. The summed E-state index contributed by atoms with van der Waals surface area (Å²) in [6, 6.07) is 1.96. The van der Waals surface area contributed by atoms with Crippen LogP contribution in [0, 0.1) is 17.9 Å². The van der Waals surface area contributed by atoms with Gasteiger partial charge < -0.3 is 9.47 Å². The highest BCUT2D eigenvalue weighted by atomic mass is 16.7. The Morgan fingerprint density at radius 3 is 2.69 bits per heavy atom. The van der Waals surface area contributed by atoms with Gasteiger partial charge in [-0.3, -0.25) is 0 Å². The molecule has 2 aliphatic rings. The van der Waals surface area contributed by atoms with Crippen molar-refractivity contribution in [3.8, 4) is 6.07 Å². The second-order valence-electron chi connectivity index (χ2n) is 4.06. The lowest BCUT2D eigenvalue weighted by Gasteiger charge is -2.42. The molecule has 4 nitrogen and oxygen atoms in total. The van der Waals surface area contributed by atoms with Crippen LogP contribution in [0.2, 0.25) is 0 Å². The van der Waals surface area contributed by atoms with E-state index in [2.05, 4.69) is 4.85 Å². The predicted octanol–water partition coefficient (Wildman–Crippen LogP) is 2.39. The quantitative estimate of drug-likeness (QED) is 0.463. The van der Waals surface area contributed by atoms with Gasteiger partial charge in [-0.1, -0.05) is 6.42 Å². The molecule has 0 amide bonds. The summed E-state index contributed by atoms with van der Waals surface area (Å²) in [5.41, 5.74) is 0.914. The molecule has 84 valence electrons. The van der Waals surface area contributed by atoms with Gasteiger partial charge in [-0.15, -0.1) is 0 Å². The number of nitrogens with zero attached hydrogens (tertiary/aromatic N) is 2. The first kappa shape index (κ1) is 11.1. The van der Waals surface area contributed by atoms with Crippen molar-refractivity contribution < 1.29 is 9.47 Å². The van der Waals surface area contributed by atoms with Crippen LogP contribution in [0.3, 0.4) is 0 Å². The van der Waals surface area contributed by atoms with Crippen LogP contribution in [-0.2, 0) is 9.47 Å². The van der Waals surface area contributed by atoms with Gasteiger partial charge in [0.1, 0.15) is 0 Å². The fourth-order valence-electron chi connectivity index (χ4n) is 2.35. The molecule has 0 aromatic heterocycles. The molecule has 0 radical (unpaired) electrons. The Balaban J connectivity index is 2.37. The van der Waals surface area contributed by atoms with Crippen LogP contribution in [0.4, 0.5) is 0 Å². The summed E-state index contributed by atoms with van der Waals surface area (Å²) >= 11 is 0. The zero-order valence-electron chi connectivity index (χ0n) is 9.16. The van der Waals surface area contributed by atoms with Crippen LogP contribution in [-0.4, -0.2) is 19.0 Å². The summed E-state index contributed by atoms with van der Waals surface area (Å²) in [7, 11) is 0. The van der Waals surface area contributed by atoms with Crippen LogP contribution in [0.5, 0.6) is 0 Å². The third-order valence-electron chi connectivity index (χ3n) is 3.11. The van der Waals surface area contributed by atoms with E-state index >= 15 is 0 Å². The molecule has 1 heterocycles. The summed E-state index contributed by atoms with van der Waals surface area (Å²) < 4.78 is 11.5.